The van der Waals surface area contributed by atoms with Crippen LogP contribution in [0.25, 0.3) is 11.1 Å². The second-order valence-corrected chi connectivity index (χ2v) is 6.95. The second-order valence-electron chi connectivity index (χ2n) is 6.95. The van der Waals surface area contributed by atoms with Crippen molar-refractivity contribution in [2.45, 2.75) is 25.0 Å². The van der Waals surface area contributed by atoms with Gasteiger partial charge in [-0.25, -0.2) is 9.59 Å². The molecule has 1 aliphatic heterocycles. The van der Waals surface area contributed by atoms with Crippen LogP contribution in [0.5, 0.6) is 0 Å². The molecule has 1 N–H and O–H groups in total. The first-order valence-corrected chi connectivity index (χ1v) is 9.02. The molecule has 140 valence electrons. The van der Waals surface area contributed by atoms with E-state index in [2.05, 4.69) is 12.1 Å². The Bertz CT molecular complexity index is 835. The van der Waals surface area contributed by atoms with Crippen molar-refractivity contribution in [2.75, 3.05) is 19.8 Å². The predicted octanol–water partition coefficient (Wildman–Crippen LogP) is 3.11. The molecule has 0 spiro atoms. The van der Waals surface area contributed by atoms with Gasteiger partial charge in [-0.1, -0.05) is 48.5 Å². The summed E-state index contributed by atoms with van der Waals surface area (Å²) in [6.07, 6.45) is -0.833. The molecule has 4 rings (SSSR count). The summed E-state index contributed by atoms with van der Waals surface area (Å²) in [5.41, 5.74) is 4.54. The third-order valence-corrected chi connectivity index (χ3v) is 5.22. The highest BCUT2D eigenvalue weighted by atomic mass is 16.6. The van der Waals surface area contributed by atoms with Crippen LogP contribution in [0.2, 0.25) is 0 Å². The number of carboxylic acid groups (broad SMARTS) is 1. The van der Waals surface area contributed by atoms with Gasteiger partial charge in [0.1, 0.15) is 6.61 Å². The van der Waals surface area contributed by atoms with Crippen LogP contribution in [0, 0.1) is 0 Å². The van der Waals surface area contributed by atoms with Gasteiger partial charge in [-0.2, -0.15) is 0 Å². The molecule has 1 aliphatic carbocycles. The SMILES string of the molecule is C[C@@H]1CN(C(=O)OCC2c3ccccc3-c3ccccc32)[C@@H](C(=O)O)CO1. The van der Waals surface area contributed by atoms with Crippen molar-refractivity contribution in [3.8, 4) is 11.1 Å². The van der Waals surface area contributed by atoms with Gasteiger partial charge in [-0.05, 0) is 29.2 Å². The summed E-state index contributed by atoms with van der Waals surface area (Å²) in [5, 5.41) is 9.35. The van der Waals surface area contributed by atoms with E-state index in [9.17, 15) is 14.7 Å². The monoisotopic (exact) mass is 367 g/mol. The molecule has 2 aliphatic rings. The number of nitrogens with zero attached hydrogens (tertiary/aromatic N) is 1. The Labute approximate surface area is 157 Å². The number of morpholine rings is 1. The van der Waals surface area contributed by atoms with Crippen LogP contribution in [0.1, 0.15) is 24.0 Å². The molecule has 0 unspecified atom stereocenters. The van der Waals surface area contributed by atoms with E-state index in [-0.39, 0.29) is 31.8 Å². The zero-order chi connectivity index (χ0) is 19.0. The van der Waals surface area contributed by atoms with E-state index in [0.29, 0.717) is 0 Å². The van der Waals surface area contributed by atoms with Gasteiger partial charge >= 0.3 is 12.1 Å². The molecule has 2 aromatic rings. The number of carbonyl (C=O) groups is 2. The normalized spacial score (nSPS) is 21.4. The predicted molar refractivity (Wildman–Crippen MR) is 98.6 cm³/mol. The average molecular weight is 367 g/mol. The van der Waals surface area contributed by atoms with E-state index in [4.69, 9.17) is 9.47 Å². The van der Waals surface area contributed by atoms with Crippen molar-refractivity contribution in [3.63, 3.8) is 0 Å². The van der Waals surface area contributed by atoms with Gasteiger partial charge in [0.05, 0.1) is 19.3 Å². The van der Waals surface area contributed by atoms with Crippen LogP contribution in [0.4, 0.5) is 4.79 Å². The van der Waals surface area contributed by atoms with E-state index >= 15 is 0 Å². The summed E-state index contributed by atoms with van der Waals surface area (Å²) in [4.78, 5) is 25.3. The Hall–Kier alpha value is -2.86. The fraction of sp³-hybridized carbons (Fsp3) is 0.333. The van der Waals surface area contributed by atoms with Crippen LogP contribution in [-0.2, 0) is 14.3 Å². The molecule has 0 saturated carbocycles. The minimum absolute atomic E-state index is 0.0271. The number of hydrogen-bond acceptors (Lipinski definition) is 4. The van der Waals surface area contributed by atoms with E-state index in [1.54, 1.807) is 0 Å². The Morgan fingerprint density at radius 2 is 1.70 bits per heavy atom. The second kappa shape index (κ2) is 7.04. The molecular weight excluding hydrogens is 346 g/mol. The van der Waals surface area contributed by atoms with E-state index in [1.807, 2.05) is 43.3 Å². The van der Waals surface area contributed by atoms with Gasteiger partial charge in [0.15, 0.2) is 6.04 Å². The largest absolute Gasteiger partial charge is 0.480 e. The highest BCUT2D eigenvalue weighted by molar-refractivity contribution is 5.81. The molecule has 2 atom stereocenters. The van der Waals surface area contributed by atoms with Crippen molar-refractivity contribution in [1.29, 1.82) is 0 Å². The van der Waals surface area contributed by atoms with Crippen molar-refractivity contribution in [2.24, 2.45) is 0 Å². The molecule has 1 fully saturated rings. The maximum Gasteiger partial charge on any atom is 0.410 e. The van der Waals surface area contributed by atoms with Gasteiger partial charge in [0, 0.05) is 5.92 Å². The summed E-state index contributed by atoms with van der Waals surface area (Å²) >= 11 is 0. The topological polar surface area (TPSA) is 76.1 Å². The maximum absolute atomic E-state index is 12.6. The summed E-state index contributed by atoms with van der Waals surface area (Å²) in [5.74, 6) is -1.14. The summed E-state index contributed by atoms with van der Waals surface area (Å²) in [7, 11) is 0. The number of fused-ring (bicyclic) bond motifs is 3. The highest BCUT2D eigenvalue weighted by Crippen LogP contribution is 2.44. The lowest BCUT2D eigenvalue weighted by Gasteiger charge is -2.35. The third-order valence-electron chi connectivity index (χ3n) is 5.22. The van der Waals surface area contributed by atoms with E-state index in [1.165, 1.54) is 4.90 Å². The molecule has 1 amide bonds. The fourth-order valence-corrected chi connectivity index (χ4v) is 3.89. The van der Waals surface area contributed by atoms with Crippen molar-refractivity contribution < 1.29 is 24.2 Å². The van der Waals surface area contributed by atoms with Crippen LogP contribution < -0.4 is 0 Å². The number of aliphatic carboxylic acids is 1. The minimum atomic E-state index is -1.09. The van der Waals surface area contributed by atoms with Gasteiger partial charge < -0.3 is 14.6 Å². The molecule has 0 aromatic heterocycles. The number of hydrogen-bond donors (Lipinski definition) is 1. The summed E-state index contributed by atoms with van der Waals surface area (Å²) in [6.45, 7) is 2.15. The number of ether oxygens (including phenoxy) is 2. The number of rotatable bonds is 3. The summed E-state index contributed by atoms with van der Waals surface area (Å²) < 4.78 is 10.9. The zero-order valence-corrected chi connectivity index (χ0v) is 15.0. The van der Waals surface area contributed by atoms with E-state index < -0.39 is 18.1 Å². The average Bonchev–Trinajstić information content (AvgIpc) is 3.00. The minimum Gasteiger partial charge on any atom is -0.480 e. The van der Waals surface area contributed by atoms with Crippen LogP contribution in [0.3, 0.4) is 0 Å². The highest BCUT2D eigenvalue weighted by Gasteiger charge is 2.37. The number of benzene rings is 2. The van der Waals surface area contributed by atoms with Crippen molar-refractivity contribution >= 4 is 12.1 Å². The molecule has 27 heavy (non-hydrogen) atoms. The quantitative estimate of drug-likeness (QED) is 0.902. The lowest BCUT2D eigenvalue weighted by molar-refractivity contribution is -0.151. The first kappa shape index (κ1) is 17.5. The summed E-state index contributed by atoms with van der Waals surface area (Å²) in [6, 6.07) is 15.2. The smallest absolute Gasteiger partial charge is 0.410 e. The Balaban J connectivity index is 1.53. The number of carbonyl (C=O) groups excluding carboxylic acids is 1. The number of carboxylic acids is 1. The standard InChI is InChI=1S/C21H21NO5/c1-13-10-22(19(12-26-13)20(23)24)21(25)27-11-18-16-8-4-2-6-14(16)15-7-3-5-9-17(15)18/h2-9,13,18-19H,10-12H2,1H3,(H,23,24)/t13-,19-/m1/s1. The molecule has 1 heterocycles. The lowest BCUT2D eigenvalue weighted by Crippen LogP contribution is -2.55. The number of amides is 1. The lowest BCUT2D eigenvalue weighted by atomic mass is 9.98. The van der Waals surface area contributed by atoms with Crippen LogP contribution >= 0.6 is 0 Å². The van der Waals surface area contributed by atoms with Gasteiger partial charge in [0.25, 0.3) is 0 Å². The first-order valence-electron chi connectivity index (χ1n) is 9.02. The third kappa shape index (κ3) is 3.17. The zero-order valence-electron chi connectivity index (χ0n) is 15.0. The maximum atomic E-state index is 12.6. The van der Waals surface area contributed by atoms with Crippen LogP contribution in [0.15, 0.2) is 48.5 Å². The van der Waals surface area contributed by atoms with Gasteiger partial charge in [-0.15, -0.1) is 0 Å². The fourth-order valence-electron chi connectivity index (χ4n) is 3.89. The van der Waals surface area contributed by atoms with Crippen molar-refractivity contribution in [3.05, 3.63) is 59.7 Å². The van der Waals surface area contributed by atoms with Gasteiger partial charge in [0.2, 0.25) is 0 Å². The van der Waals surface area contributed by atoms with E-state index in [0.717, 1.165) is 22.3 Å². The van der Waals surface area contributed by atoms with Crippen LogP contribution in [-0.4, -0.2) is 54.0 Å². The molecule has 0 bridgehead atoms. The molecule has 6 nitrogen and oxygen atoms in total. The molecule has 1 saturated heterocycles. The Kier molecular flexibility index (Phi) is 4.58. The Morgan fingerprint density at radius 1 is 1.11 bits per heavy atom. The molecule has 0 radical (unpaired) electrons. The molecule has 2 aromatic carbocycles. The Morgan fingerprint density at radius 3 is 2.30 bits per heavy atom. The first-order chi connectivity index (χ1) is 13.1. The molecular formula is C21H21NO5. The van der Waals surface area contributed by atoms with Gasteiger partial charge in [-0.3, -0.25) is 4.90 Å². The van der Waals surface area contributed by atoms with Crippen molar-refractivity contribution in [1.82, 2.24) is 4.90 Å². The molecule has 6 heteroatoms.